The van der Waals surface area contributed by atoms with Crippen LogP contribution in [0.4, 0.5) is 0 Å². The molecule has 8 nitrogen and oxygen atoms in total. The van der Waals surface area contributed by atoms with Crippen molar-refractivity contribution in [2.24, 2.45) is 4.99 Å². The largest absolute Gasteiger partial charge is 0.497 e. The Hall–Kier alpha value is -2.04. The zero-order valence-electron chi connectivity index (χ0n) is 19.0. The standard InChI is InChI=1S/C22H34N6O2.HI/c1-16(18-15-17(29-3)11-12-19(18)30-4)25-22(23-2)24-13-8-10-21-27-26-20-9-6-5-7-14-28(20)21;/h11-12,15-16H,5-10,13-14H2,1-4H3,(H2,23,24,25);1H. The smallest absolute Gasteiger partial charge is 0.191 e. The molecule has 2 aromatic rings. The number of benzene rings is 1. The third-order valence-electron chi connectivity index (χ3n) is 5.54. The van der Waals surface area contributed by atoms with Gasteiger partial charge in [-0.1, -0.05) is 6.42 Å². The molecule has 9 heteroatoms. The van der Waals surface area contributed by atoms with E-state index in [-0.39, 0.29) is 30.0 Å². The number of aromatic nitrogens is 3. The molecular weight excluding hydrogens is 507 g/mol. The zero-order valence-corrected chi connectivity index (χ0v) is 21.3. The van der Waals surface area contributed by atoms with Crippen molar-refractivity contribution in [1.29, 1.82) is 0 Å². The summed E-state index contributed by atoms with van der Waals surface area (Å²) >= 11 is 0. The number of hydrogen-bond donors (Lipinski definition) is 2. The minimum Gasteiger partial charge on any atom is -0.497 e. The van der Waals surface area contributed by atoms with Crippen molar-refractivity contribution in [1.82, 2.24) is 25.4 Å². The lowest BCUT2D eigenvalue weighted by Gasteiger charge is -2.21. The van der Waals surface area contributed by atoms with Gasteiger partial charge in [-0.3, -0.25) is 4.99 Å². The fourth-order valence-corrected chi connectivity index (χ4v) is 3.84. The Morgan fingerprint density at radius 2 is 2.03 bits per heavy atom. The van der Waals surface area contributed by atoms with Gasteiger partial charge in [-0.05, 0) is 44.4 Å². The van der Waals surface area contributed by atoms with Crippen LogP contribution in [0.3, 0.4) is 0 Å². The number of aliphatic imine (C=N–C) groups is 1. The third kappa shape index (κ3) is 6.72. The van der Waals surface area contributed by atoms with Gasteiger partial charge in [0, 0.05) is 38.5 Å². The molecule has 0 saturated heterocycles. The second kappa shape index (κ2) is 12.7. The van der Waals surface area contributed by atoms with Crippen LogP contribution in [0, 0.1) is 0 Å². The maximum absolute atomic E-state index is 5.50. The summed E-state index contributed by atoms with van der Waals surface area (Å²) in [4.78, 5) is 4.36. The first-order valence-corrected chi connectivity index (χ1v) is 10.8. The summed E-state index contributed by atoms with van der Waals surface area (Å²) in [5, 5.41) is 15.6. The quantitative estimate of drug-likeness (QED) is 0.230. The SMILES string of the molecule is CN=C(NCCCc1nnc2n1CCCCC2)NC(C)c1cc(OC)ccc1OC.I. The van der Waals surface area contributed by atoms with Crippen molar-refractivity contribution >= 4 is 29.9 Å². The Kier molecular flexibility index (Phi) is 10.4. The summed E-state index contributed by atoms with van der Waals surface area (Å²) in [6.07, 6.45) is 6.65. The van der Waals surface area contributed by atoms with Crippen LogP contribution in [0.15, 0.2) is 23.2 Å². The lowest BCUT2D eigenvalue weighted by Crippen LogP contribution is -2.39. The molecule has 0 spiro atoms. The molecule has 0 fully saturated rings. The molecule has 0 bridgehead atoms. The molecular formula is C22H35IN6O2. The number of aryl methyl sites for hydroxylation is 2. The van der Waals surface area contributed by atoms with Gasteiger partial charge < -0.3 is 24.7 Å². The first-order chi connectivity index (χ1) is 14.7. The van der Waals surface area contributed by atoms with Gasteiger partial charge in [0.1, 0.15) is 23.1 Å². The molecule has 1 aliphatic rings. The summed E-state index contributed by atoms with van der Waals surface area (Å²) in [5.74, 6) is 4.63. The number of ether oxygens (including phenoxy) is 2. The normalized spacial score (nSPS) is 14.6. The molecule has 31 heavy (non-hydrogen) atoms. The Balaban J connectivity index is 0.00000341. The summed E-state index contributed by atoms with van der Waals surface area (Å²) in [7, 11) is 5.12. The van der Waals surface area contributed by atoms with Gasteiger partial charge >= 0.3 is 0 Å². The molecule has 1 aliphatic heterocycles. The fourth-order valence-electron chi connectivity index (χ4n) is 3.84. The Morgan fingerprint density at radius 3 is 2.77 bits per heavy atom. The van der Waals surface area contributed by atoms with E-state index < -0.39 is 0 Å². The van der Waals surface area contributed by atoms with Crippen LogP contribution in [0.5, 0.6) is 11.5 Å². The number of nitrogens with one attached hydrogen (secondary N) is 2. The van der Waals surface area contributed by atoms with Crippen molar-refractivity contribution < 1.29 is 9.47 Å². The second-order valence-corrected chi connectivity index (χ2v) is 7.57. The first-order valence-electron chi connectivity index (χ1n) is 10.8. The minimum absolute atomic E-state index is 0. The van der Waals surface area contributed by atoms with Crippen LogP contribution in [-0.2, 0) is 19.4 Å². The highest BCUT2D eigenvalue weighted by Crippen LogP contribution is 2.29. The number of guanidine groups is 1. The van der Waals surface area contributed by atoms with E-state index in [4.69, 9.17) is 9.47 Å². The zero-order chi connectivity index (χ0) is 21.3. The van der Waals surface area contributed by atoms with Crippen LogP contribution < -0.4 is 20.1 Å². The molecule has 3 rings (SSSR count). The van der Waals surface area contributed by atoms with E-state index in [1.807, 2.05) is 18.2 Å². The number of hydrogen-bond acceptors (Lipinski definition) is 5. The van der Waals surface area contributed by atoms with Crippen molar-refractivity contribution in [2.45, 2.75) is 58.0 Å². The number of fused-ring (bicyclic) bond motifs is 1. The summed E-state index contributed by atoms with van der Waals surface area (Å²) < 4.78 is 13.2. The van der Waals surface area contributed by atoms with Gasteiger partial charge in [-0.25, -0.2) is 0 Å². The molecule has 2 N–H and O–H groups in total. The lowest BCUT2D eigenvalue weighted by molar-refractivity contribution is 0.394. The third-order valence-corrected chi connectivity index (χ3v) is 5.54. The topological polar surface area (TPSA) is 85.6 Å². The van der Waals surface area contributed by atoms with E-state index in [2.05, 4.69) is 37.3 Å². The van der Waals surface area contributed by atoms with Gasteiger partial charge in [0.2, 0.25) is 0 Å². The van der Waals surface area contributed by atoms with Gasteiger partial charge in [-0.2, -0.15) is 0 Å². The second-order valence-electron chi connectivity index (χ2n) is 7.57. The van der Waals surface area contributed by atoms with E-state index in [1.165, 1.54) is 19.3 Å². The predicted molar refractivity (Wildman–Crippen MR) is 134 cm³/mol. The Bertz CT molecular complexity index is 855. The molecule has 0 aliphatic carbocycles. The van der Waals surface area contributed by atoms with E-state index in [0.717, 1.165) is 67.0 Å². The predicted octanol–water partition coefficient (Wildman–Crippen LogP) is 3.50. The average Bonchev–Trinajstić information content (AvgIpc) is 3.00. The summed E-state index contributed by atoms with van der Waals surface area (Å²) in [6, 6.07) is 5.81. The Morgan fingerprint density at radius 1 is 1.19 bits per heavy atom. The van der Waals surface area contributed by atoms with Crippen LogP contribution in [0.25, 0.3) is 0 Å². The van der Waals surface area contributed by atoms with Gasteiger partial charge in [0.15, 0.2) is 5.96 Å². The molecule has 1 aromatic carbocycles. The van der Waals surface area contributed by atoms with Gasteiger partial charge in [-0.15, -0.1) is 34.2 Å². The molecule has 172 valence electrons. The highest BCUT2D eigenvalue weighted by Gasteiger charge is 2.16. The van der Waals surface area contributed by atoms with Crippen molar-refractivity contribution in [3.63, 3.8) is 0 Å². The van der Waals surface area contributed by atoms with E-state index >= 15 is 0 Å². The molecule has 1 atom stereocenters. The monoisotopic (exact) mass is 542 g/mol. The van der Waals surface area contributed by atoms with Gasteiger partial charge in [0.25, 0.3) is 0 Å². The molecule has 0 amide bonds. The first kappa shape index (κ1) is 25.2. The summed E-state index contributed by atoms with van der Waals surface area (Å²) in [5.41, 5.74) is 1.02. The highest BCUT2D eigenvalue weighted by atomic mass is 127. The van der Waals surface area contributed by atoms with Crippen LogP contribution in [0.1, 0.15) is 55.9 Å². The molecule has 2 heterocycles. The van der Waals surface area contributed by atoms with Gasteiger partial charge in [0.05, 0.1) is 20.3 Å². The molecule has 1 aromatic heterocycles. The fraction of sp³-hybridized carbons (Fsp3) is 0.591. The van der Waals surface area contributed by atoms with Crippen molar-refractivity contribution in [2.75, 3.05) is 27.8 Å². The molecule has 1 unspecified atom stereocenters. The highest BCUT2D eigenvalue weighted by molar-refractivity contribution is 14.0. The van der Waals surface area contributed by atoms with Crippen LogP contribution in [0.2, 0.25) is 0 Å². The lowest BCUT2D eigenvalue weighted by atomic mass is 10.1. The summed E-state index contributed by atoms with van der Waals surface area (Å²) in [6.45, 7) is 3.94. The molecule has 0 saturated carbocycles. The van der Waals surface area contributed by atoms with Crippen molar-refractivity contribution in [3.8, 4) is 11.5 Å². The Labute approximate surface area is 202 Å². The minimum atomic E-state index is 0. The average molecular weight is 542 g/mol. The van der Waals surface area contributed by atoms with Crippen LogP contribution in [-0.4, -0.2) is 48.5 Å². The number of halogens is 1. The van der Waals surface area contributed by atoms with E-state index in [9.17, 15) is 0 Å². The number of rotatable bonds is 8. The van der Waals surface area contributed by atoms with Crippen molar-refractivity contribution in [3.05, 3.63) is 35.4 Å². The maximum atomic E-state index is 5.50. The number of methoxy groups -OCH3 is 2. The van der Waals surface area contributed by atoms with E-state index in [0.29, 0.717) is 0 Å². The number of nitrogens with zero attached hydrogens (tertiary/aromatic N) is 4. The van der Waals surface area contributed by atoms with E-state index in [1.54, 1.807) is 21.3 Å². The van der Waals surface area contributed by atoms with Crippen LogP contribution >= 0.6 is 24.0 Å². The molecule has 0 radical (unpaired) electrons. The maximum Gasteiger partial charge on any atom is 0.191 e.